The first-order valence-corrected chi connectivity index (χ1v) is 7.65. The number of aryl methyl sites for hydroxylation is 1. The van der Waals surface area contributed by atoms with Crippen LogP contribution in [0.25, 0.3) is 0 Å². The zero-order valence-corrected chi connectivity index (χ0v) is 12.2. The summed E-state index contributed by atoms with van der Waals surface area (Å²) in [5, 5.41) is 10.4. The Kier molecular flexibility index (Phi) is 5.61. The molecule has 0 aliphatic heterocycles. The predicted octanol–water partition coefficient (Wildman–Crippen LogP) is 2.88. The Morgan fingerprint density at radius 1 is 1.35 bits per heavy atom. The van der Waals surface area contributed by atoms with Gasteiger partial charge in [-0.3, -0.25) is 9.89 Å². The number of hydrogen-bond acceptors (Lipinski definition) is 4. The lowest BCUT2D eigenvalue weighted by atomic mass is 10.2. The number of anilines is 1. The molecule has 0 saturated carbocycles. The molecule has 0 aliphatic rings. The largest absolute Gasteiger partial charge is 0.325 e. The van der Waals surface area contributed by atoms with Crippen LogP contribution in [0.5, 0.6) is 0 Å². The van der Waals surface area contributed by atoms with Crippen LogP contribution < -0.4 is 5.32 Å². The minimum Gasteiger partial charge on any atom is -0.325 e. The van der Waals surface area contributed by atoms with E-state index < -0.39 is 0 Å². The molecule has 2 rings (SSSR count). The number of aromatic nitrogens is 3. The third-order valence-corrected chi connectivity index (χ3v) is 3.52. The quantitative estimate of drug-likeness (QED) is 0.769. The van der Waals surface area contributed by atoms with Gasteiger partial charge in [0.15, 0.2) is 0 Å². The van der Waals surface area contributed by atoms with E-state index in [2.05, 4.69) is 27.4 Å². The maximum atomic E-state index is 11.8. The summed E-state index contributed by atoms with van der Waals surface area (Å²) in [6.45, 7) is 2.14. The fraction of sp³-hybridized carbons (Fsp3) is 0.357. The fourth-order valence-corrected chi connectivity index (χ4v) is 2.26. The molecule has 6 heteroatoms. The van der Waals surface area contributed by atoms with Crippen LogP contribution in [-0.4, -0.2) is 26.8 Å². The van der Waals surface area contributed by atoms with E-state index in [1.54, 1.807) is 0 Å². The second-order valence-electron chi connectivity index (χ2n) is 4.37. The van der Waals surface area contributed by atoms with Gasteiger partial charge in [0, 0.05) is 12.1 Å². The first-order valence-electron chi connectivity index (χ1n) is 6.67. The van der Waals surface area contributed by atoms with Gasteiger partial charge in [-0.2, -0.15) is 0 Å². The Morgan fingerprint density at radius 3 is 2.90 bits per heavy atom. The summed E-state index contributed by atoms with van der Waals surface area (Å²) in [7, 11) is 0. The highest BCUT2D eigenvalue weighted by molar-refractivity contribution is 7.99. The zero-order valence-electron chi connectivity index (χ0n) is 11.4. The van der Waals surface area contributed by atoms with Gasteiger partial charge in [0.1, 0.15) is 5.82 Å². The van der Waals surface area contributed by atoms with E-state index >= 15 is 0 Å². The number of H-pyrrole nitrogens is 1. The van der Waals surface area contributed by atoms with Crippen LogP contribution >= 0.6 is 11.8 Å². The highest BCUT2D eigenvalue weighted by Gasteiger charge is 2.07. The number of nitrogens with one attached hydrogen (secondary N) is 2. The Labute approximate surface area is 122 Å². The van der Waals surface area contributed by atoms with Gasteiger partial charge in [-0.1, -0.05) is 43.3 Å². The number of aromatic amines is 1. The summed E-state index contributed by atoms with van der Waals surface area (Å²) in [4.78, 5) is 16.1. The van der Waals surface area contributed by atoms with Crippen molar-refractivity contribution in [3.05, 3.63) is 36.2 Å². The van der Waals surface area contributed by atoms with Crippen molar-refractivity contribution >= 4 is 23.4 Å². The Bertz CT molecular complexity index is 541. The first-order chi connectivity index (χ1) is 9.78. The third-order valence-electron chi connectivity index (χ3n) is 2.67. The Morgan fingerprint density at radius 2 is 2.15 bits per heavy atom. The molecular formula is C14H18N4OS. The van der Waals surface area contributed by atoms with Crippen LogP contribution in [0.15, 0.2) is 35.5 Å². The molecule has 0 bridgehead atoms. The van der Waals surface area contributed by atoms with E-state index in [1.165, 1.54) is 11.8 Å². The number of rotatable bonds is 7. The molecule has 5 nitrogen and oxygen atoms in total. The summed E-state index contributed by atoms with van der Waals surface area (Å²) in [6.07, 6.45) is 3.12. The third kappa shape index (κ3) is 4.70. The first kappa shape index (κ1) is 14.6. The average molecular weight is 290 g/mol. The highest BCUT2D eigenvalue weighted by Crippen LogP contribution is 2.14. The van der Waals surface area contributed by atoms with Crippen molar-refractivity contribution in [1.29, 1.82) is 0 Å². The summed E-state index contributed by atoms with van der Waals surface area (Å²) in [6, 6.07) is 9.41. The van der Waals surface area contributed by atoms with E-state index in [9.17, 15) is 4.79 Å². The SMILES string of the molecule is CCCCc1nc(SCC(=O)Nc2ccccc2)n[nH]1. The topological polar surface area (TPSA) is 70.7 Å². The van der Waals surface area contributed by atoms with Crippen LogP contribution in [0.2, 0.25) is 0 Å². The number of unbranched alkanes of at least 4 members (excludes halogenated alkanes) is 1. The van der Waals surface area contributed by atoms with Gasteiger partial charge in [-0.15, -0.1) is 5.10 Å². The number of amides is 1. The van der Waals surface area contributed by atoms with Crippen LogP contribution in [0.1, 0.15) is 25.6 Å². The van der Waals surface area contributed by atoms with Gasteiger partial charge < -0.3 is 5.32 Å². The van der Waals surface area contributed by atoms with E-state index in [1.807, 2.05) is 30.3 Å². The molecule has 1 amide bonds. The van der Waals surface area contributed by atoms with Crippen LogP contribution in [0, 0.1) is 0 Å². The maximum absolute atomic E-state index is 11.8. The summed E-state index contributed by atoms with van der Waals surface area (Å²) in [5.41, 5.74) is 0.803. The van der Waals surface area contributed by atoms with E-state index in [4.69, 9.17) is 0 Å². The molecule has 0 atom stereocenters. The lowest BCUT2D eigenvalue weighted by molar-refractivity contribution is -0.113. The molecule has 106 valence electrons. The predicted molar refractivity (Wildman–Crippen MR) is 80.8 cm³/mol. The van der Waals surface area contributed by atoms with Gasteiger partial charge in [0.05, 0.1) is 5.75 Å². The molecular weight excluding hydrogens is 272 g/mol. The van der Waals surface area contributed by atoms with Crippen molar-refractivity contribution in [1.82, 2.24) is 15.2 Å². The minimum atomic E-state index is -0.0545. The van der Waals surface area contributed by atoms with Gasteiger partial charge >= 0.3 is 0 Å². The molecule has 0 fully saturated rings. The van der Waals surface area contributed by atoms with E-state index in [-0.39, 0.29) is 5.91 Å². The maximum Gasteiger partial charge on any atom is 0.234 e. The minimum absolute atomic E-state index is 0.0545. The number of carbonyl (C=O) groups is 1. The van der Waals surface area contributed by atoms with Crippen LogP contribution in [0.3, 0.4) is 0 Å². The lowest BCUT2D eigenvalue weighted by Gasteiger charge is -2.02. The number of benzene rings is 1. The Hall–Kier alpha value is -1.82. The van der Waals surface area contributed by atoms with Crippen molar-refractivity contribution in [2.24, 2.45) is 0 Å². The van der Waals surface area contributed by atoms with Crippen molar-refractivity contribution in [3.8, 4) is 0 Å². The van der Waals surface area contributed by atoms with Crippen LogP contribution in [0.4, 0.5) is 5.69 Å². The van der Waals surface area contributed by atoms with Crippen molar-refractivity contribution < 1.29 is 4.79 Å². The van der Waals surface area contributed by atoms with Gasteiger partial charge in [0.2, 0.25) is 11.1 Å². The monoisotopic (exact) mass is 290 g/mol. The standard InChI is InChI=1S/C14H18N4OS/c1-2-3-9-12-16-14(18-17-12)20-10-13(19)15-11-7-5-4-6-8-11/h4-8H,2-3,9-10H2,1H3,(H,15,19)(H,16,17,18). The molecule has 2 N–H and O–H groups in total. The smallest absolute Gasteiger partial charge is 0.234 e. The molecule has 2 aromatic rings. The second kappa shape index (κ2) is 7.69. The lowest BCUT2D eigenvalue weighted by Crippen LogP contribution is -2.13. The molecule has 1 aromatic carbocycles. The van der Waals surface area contributed by atoms with Crippen LogP contribution in [-0.2, 0) is 11.2 Å². The summed E-state index contributed by atoms with van der Waals surface area (Å²) >= 11 is 1.34. The zero-order chi connectivity index (χ0) is 14.2. The van der Waals surface area contributed by atoms with E-state index in [0.29, 0.717) is 10.9 Å². The molecule has 0 spiro atoms. The van der Waals surface area contributed by atoms with Crippen molar-refractivity contribution in [3.63, 3.8) is 0 Å². The number of hydrogen-bond donors (Lipinski definition) is 2. The molecule has 0 aliphatic carbocycles. The highest BCUT2D eigenvalue weighted by atomic mass is 32.2. The molecule has 0 saturated heterocycles. The Balaban J connectivity index is 1.77. The van der Waals surface area contributed by atoms with E-state index in [0.717, 1.165) is 30.8 Å². The summed E-state index contributed by atoms with van der Waals surface area (Å²) < 4.78 is 0. The number of para-hydroxylation sites is 1. The number of carbonyl (C=O) groups excluding carboxylic acids is 1. The number of nitrogens with zero attached hydrogens (tertiary/aromatic N) is 2. The fourth-order valence-electron chi connectivity index (χ4n) is 1.65. The average Bonchev–Trinajstić information content (AvgIpc) is 2.92. The molecule has 0 radical (unpaired) electrons. The molecule has 0 unspecified atom stereocenters. The normalized spacial score (nSPS) is 10.4. The molecule has 1 aromatic heterocycles. The van der Waals surface area contributed by atoms with Crippen molar-refractivity contribution in [2.45, 2.75) is 31.3 Å². The van der Waals surface area contributed by atoms with Gasteiger partial charge in [-0.05, 0) is 18.6 Å². The summed E-state index contributed by atoms with van der Waals surface area (Å²) in [5.74, 6) is 1.14. The van der Waals surface area contributed by atoms with Gasteiger partial charge in [0.25, 0.3) is 0 Å². The second-order valence-corrected chi connectivity index (χ2v) is 5.31. The van der Waals surface area contributed by atoms with Gasteiger partial charge in [-0.25, -0.2) is 4.98 Å². The number of thioether (sulfide) groups is 1. The molecule has 20 heavy (non-hydrogen) atoms. The van der Waals surface area contributed by atoms with Crippen molar-refractivity contribution in [2.75, 3.05) is 11.1 Å². The molecule has 1 heterocycles.